The molecule has 5 heteroatoms. The minimum Gasteiger partial charge on any atom is -0.382 e. The molecule has 1 N–H and O–H groups in total. The van der Waals surface area contributed by atoms with Crippen LogP contribution in [-0.2, 0) is 0 Å². The van der Waals surface area contributed by atoms with Crippen molar-refractivity contribution in [1.29, 1.82) is 0 Å². The van der Waals surface area contributed by atoms with Gasteiger partial charge in [0.05, 0.1) is 28.3 Å². The molecule has 1 aromatic carbocycles. The lowest BCUT2D eigenvalue weighted by molar-refractivity contribution is 0.208. The molecule has 0 saturated heterocycles. The van der Waals surface area contributed by atoms with Crippen LogP contribution in [0.15, 0.2) is 30.7 Å². The van der Waals surface area contributed by atoms with Crippen molar-refractivity contribution in [2.24, 2.45) is 0 Å². The summed E-state index contributed by atoms with van der Waals surface area (Å²) in [7, 11) is 0. The lowest BCUT2D eigenvalue weighted by Gasteiger charge is -2.18. The number of aromatic nitrogens is 2. The van der Waals surface area contributed by atoms with E-state index < -0.39 is 6.10 Å². The normalized spacial score (nSPS) is 13.0. The summed E-state index contributed by atoms with van der Waals surface area (Å²) in [5, 5.41) is 11.2. The van der Waals surface area contributed by atoms with Gasteiger partial charge in [-0.3, -0.25) is 0 Å². The molecule has 2 aromatic rings. The first kappa shape index (κ1) is 13.4. The van der Waals surface area contributed by atoms with Crippen LogP contribution in [-0.4, -0.2) is 14.7 Å². The van der Waals surface area contributed by atoms with Crippen LogP contribution in [0.2, 0.25) is 10.0 Å². The van der Waals surface area contributed by atoms with Gasteiger partial charge in [-0.25, -0.2) is 4.98 Å². The number of benzene rings is 1. The van der Waals surface area contributed by atoms with Crippen molar-refractivity contribution in [3.05, 3.63) is 52.0 Å². The van der Waals surface area contributed by atoms with E-state index in [2.05, 4.69) is 4.98 Å². The second-order valence-corrected chi connectivity index (χ2v) is 5.15. The molecule has 1 aromatic heterocycles. The summed E-state index contributed by atoms with van der Waals surface area (Å²) in [5.74, 6) is 0. The first-order valence-corrected chi connectivity index (χ1v) is 6.41. The Balaban J connectivity index is 2.45. The number of halogens is 2. The predicted octanol–water partition coefficient (Wildman–Crippen LogP) is 3.85. The highest BCUT2D eigenvalue weighted by atomic mass is 35.5. The third-order valence-electron chi connectivity index (χ3n) is 2.81. The van der Waals surface area contributed by atoms with Crippen molar-refractivity contribution >= 4 is 23.2 Å². The first-order valence-electron chi connectivity index (χ1n) is 5.66. The Labute approximate surface area is 116 Å². The second kappa shape index (κ2) is 5.31. The predicted molar refractivity (Wildman–Crippen MR) is 73.1 cm³/mol. The molecule has 18 heavy (non-hydrogen) atoms. The van der Waals surface area contributed by atoms with E-state index in [1.54, 1.807) is 30.7 Å². The van der Waals surface area contributed by atoms with E-state index in [0.717, 1.165) is 0 Å². The van der Waals surface area contributed by atoms with Crippen LogP contribution in [0, 0.1) is 0 Å². The molecular weight excluding hydrogens is 271 g/mol. The highest BCUT2D eigenvalue weighted by Gasteiger charge is 2.19. The van der Waals surface area contributed by atoms with Gasteiger partial charge in [0, 0.05) is 11.6 Å². The fraction of sp³-hybridized carbons (Fsp3) is 0.308. The molecule has 2 rings (SSSR count). The molecule has 0 aliphatic heterocycles. The summed E-state index contributed by atoms with van der Waals surface area (Å²) in [4.78, 5) is 4.07. The Hall–Kier alpha value is -1.03. The van der Waals surface area contributed by atoms with Crippen molar-refractivity contribution in [2.75, 3.05) is 0 Å². The molecule has 3 nitrogen and oxygen atoms in total. The van der Waals surface area contributed by atoms with Crippen molar-refractivity contribution in [1.82, 2.24) is 9.55 Å². The molecule has 0 aliphatic carbocycles. The summed E-state index contributed by atoms with van der Waals surface area (Å²) < 4.78 is 1.90. The van der Waals surface area contributed by atoms with E-state index in [-0.39, 0.29) is 6.04 Å². The maximum atomic E-state index is 10.4. The molecule has 0 amide bonds. The van der Waals surface area contributed by atoms with Crippen LogP contribution in [0.4, 0.5) is 0 Å². The van der Waals surface area contributed by atoms with Gasteiger partial charge in [-0.15, -0.1) is 0 Å². The fourth-order valence-electron chi connectivity index (χ4n) is 1.85. The SMILES string of the molecule is CC(C)n1cncc1C(O)c1cccc(Cl)c1Cl. The molecule has 0 aliphatic rings. The first-order chi connectivity index (χ1) is 8.52. The summed E-state index contributed by atoms with van der Waals surface area (Å²) in [6.45, 7) is 4.05. The van der Waals surface area contributed by atoms with Gasteiger partial charge in [0.1, 0.15) is 6.10 Å². The minimum atomic E-state index is -0.832. The lowest BCUT2D eigenvalue weighted by Crippen LogP contribution is -2.10. The lowest BCUT2D eigenvalue weighted by atomic mass is 10.1. The van der Waals surface area contributed by atoms with Crippen LogP contribution in [0.25, 0.3) is 0 Å². The molecular formula is C13H14Cl2N2O. The van der Waals surface area contributed by atoms with Gasteiger partial charge >= 0.3 is 0 Å². The van der Waals surface area contributed by atoms with E-state index in [9.17, 15) is 5.11 Å². The van der Waals surface area contributed by atoms with Gasteiger partial charge in [0.15, 0.2) is 0 Å². The number of hydrogen-bond donors (Lipinski definition) is 1. The van der Waals surface area contributed by atoms with Crippen LogP contribution in [0.3, 0.4) is 0 Å². The zero-order valence-electron chi connectivity index (χ0n) is 10.1. The maximum absolute atomic E-state index is 10.4. The van der Waals surface area contributed by atoms with Crippen LogP contribution >= 0.6 is 23.2 Å². The average Bonchev–Trinajstić information content (AvgIpc) is 2.81. The minimum absolute atomic E-state index is 0.218. The van der Waals surface area contributed by atoms with E-state index in [4.69, 9.17) is 23.2 Å². The summed E-state index contributed by atoms with van der Waals surface area (Å²) >= 11 is 12.1. The summed E-state index contributed by atoms with van der Waals surface area (Å²) in [6, 6.07) is 5.44. The smallest absolute Gasteiger partial charge is 0.122 e. The van der Waals surface area contributed by atoms with Gasteiger partial charge in [-0.1, -0.05) is 35.3 Å². The molecule has 1 heterocycles. The molecule has 1 unspecified atom stereocenters. The Morgan fingerprint density at radius 1 is 1.28 bits per heavy atom. The number of aliphatic hydroxyl groups is 1. The topological polar surface area (TPSA) is 38.0 Å². The molecule has 0 bridgehead atoms. The monoisotopic (exact) mass is 284 g/mol. The molecule has 0 saturated carbocycles. The Morgan fingerprint density at radius 3 is 2.67 bits per heavy atom. The Morgan fingerprint density at radius 2 is 2.00 bits per heavy atom. The number of imidazole rings is 1. The van der Waals surface area contributed by atoms with Crippen LogP contribution < -0.4 is 0 Å². The van der Waals surface area contributed by atoms with Crippen molar-refractivity contribution in [2.45, 2.75) is 26.0 Å². The summed E-state index contributed by atoms with van der Waals surface area (Å²) in [6.07, 6.45) is 2.50. The number of rotatable bonds is 3. The molecule has 0 spiro atoms. The Kier molecular flexibility index (Phi) is 3.95. The third-order valence-corrected chi connectivity index (χ3v) is 3.64. The van der Waals surface area contributed by atoms with Gasteiger partial charge in [0.2, 0.25) is 0 Å². The zero-order valence-corrected chi connectivity index (χ0v) is 11.7. The Bertz CT molecular complexity index is 552. The molecule has 1 atom stereocenters. The maximum Gasteiger partial charge on any atom is 0.122 e. The van der Waals surface area contributed by atoms with E-state index >= 15 is 0 Å². The van der Waals surface area contributed by atoms with E-state index in [1.165, 1.54) is 0 Å². The largest absolute Gasteiger partial charge is 0.382 e. The van der Waals surface area contributed by atoms with Crippen molar-refractivity contribution < 1.29 is 5.11 Å². The van der Waals surface area contributed by atoms with Gasteiger partial charge in [0.25, 0.3) is 0 Å². The van der Waals surface area contributed by atoms with Crippen molar-refractivity contribution in [3.63, 3.8) is 0 Å². The number of nitrogens with zero attached hydrogens (tertiary/aromatic N) is 2. The van der Waals surface area contributed by atoms with Gasteiger partial charge in [-0.2, -0.15) is 0 Å². The fourth-order valence-corrected chi connectivity index (χ4v) is 2.26. The second-order valence-electron chi connectivity index (χ2n) is 4.37. The molecule has 96 valence electrons. The summed E-state index contributed by atoms with van der Waals surface area (Å²) in [5.41, 5.74) is 1.29. The van der Waals surface area contributed by atoms with E-state index in [0.29, 0.717) is 21.3 Å². The quantitative estimate of drug-likeness (QED) is 0.930. The van der Waals surface area contributed by atoms with Gasteiger partial charge in [-0.05, 0) is 19.9 Å². The average molecular weight is 285 g/mol. The van der Waals surface area contributed by atoms with E-state index in [1.807, 2.05) is 18.4 Å². The number of aliphatic hydroxyl groups excluding tert-OH is 1. The molecule has 0 radical (unpaired) electrons. The highest BCUT2D eigenvalue weighted by molar-refractivity contribution is 6.42. The standard InChI is InChI=1S/C13H14Cl2N2O/c1-8(2)17-7-16-6-11(17)13(18)9-4-3-5-10(14)12(9)15/h3-8,13,18H,1-2H3. The zero-order chi connectivity index (χ0) is 13.3. The highest BCUT2D eigenvalue weighted by Crippen LogP contribution is 2.33. The van der Waals surface area contributed by atoms with Crippen LogP contribution in [0.5, 0.6) is 0 Å². The number of hydrogen-bond acceptors (Lipinski definition) is 2. The molecule has 0 fully saturated rings. The van der Waals surface area contributed by atoms with Gasteiger partial charge < -0.3 is 9.67 Å². The van der Waals surface area contributed by atoms with Crippen molar-refractivity contribution in [3.8, 4) is 0 Å². The third kappa shape index (κ3) is 2.39. The van der Waals surface area contributed by atoms with Crippen LogP contribution in [0.1, 0.15) is 37.3 Å².